The Morgan fingerprint density at radius 2 is 2.58 bits per heavy atom. The molecular weight excluding hydrogens is 152 g/mol. The van der Waals surface area contributed by atoms with Gasteiger partial charge in [0.1, 0.15) is 6.07 Å². The first-order valence-corrected chi connectivity index (χ1v) is 4.02. The van der Waals surface area contributed by atoms with Crippen LogP contribution in [0.5, 0.6) is 0 Å². The predicted molar refractivity (Wildman–Crippen MR) is 43.3 cm³/mol. The molecule has 0 bridgehead atoms. The van der Waals surface area contributed by atoms with Gasteiger partial charge in [-0.05, 0) is 0 Å². The lowest BCUT2D eigenvalue weighted by Gasteiger charge is -2.26. The van der Waals surface area contributed by atoms with Gasteiger partial charge in [-0.2, -0.15) is 10.4 Å². The molecule has 0 radical (unpaired) electrons. The van der Waals surface area contributed by atoms with Crippen LogP contribution in [-0.2, 0) is 6.54 Å². The van der Waals surface area contributed by atoms with Crippen LogP contribution in [0.15, 0.2) is 12.4 Å². The van der Waals surface area contributed by atoms with E-state index in [0.29, 0.717) is 11.5 Å². The summed E-state index contributed by atoms with van der Waals surface area (Å²) >= 11 is 0. The van der Waals surface area contributed by atoms with Crippen molar-refractivity contribution < 1.29 is 0 Å². The molecule has 1 aliphatic heterocycles. The summed E-state index contributed by atoms with van der Waals surface area (Å²) in [7, 11) is 0. The van der Waals surface area contributed by atoms with Gasteiger partial charge in [0.05, 0.1) is 11.8 Å². The van der Waals surface area contributed by atoms with E-state index in [1.165, 1.54) is 0 Å². The SMILES string of the molecule is N#Cc1cnn(CC2CNC2)c1. The third-order valence-corrected chi connectivity index (χ3v) is 2.07. The first kappa shape index (κ1) is 7.32. The zero-order valence-corrected chi connectivity index (χ0v) is 6.70. The fourth-order valence-corrected chi connectivity index (χ4v) is 1.26. The van der Waals surface area contributed by atoms with E-state index >= 15 is 0 Å². The molecule has 0 unspecified atom stereocenters. The minimum Gasteiger partial charge on any atom is -0.316 e. The smallest absolute Gasteiger partial charge is 0.102 e. The van der Waals surface area contributed by atoms with Gasteiger partial charge in [0, 0.05) is 31.7 Å². The molecule has 0 aromatic carbocycles. The van der Waals surface area contributed by atoms with Crippen LogP contribution in [0.3, 0.4) is 0 Å². The predicted octanol–water partition coefficient (Wildman–Crippen LogP) is -0.0258. The topological polar surface area (TPSA) is 53.6 Å². The number of aromatic nitrogens is 2. The van der Waals surface area contributed by atoms with Gasteiger partial charge >= 0.3 is 0 Å². The Hall–Kier alpha value is -1.34. The Labute approximate surface area is 70.8 Å². The van der Waals surface area contributed by atoms with E-state index in [1.807, 2.05) is 4.68 Å². The van der Waals surface area contributed by atoms with Gasteiger partial charge in [0.2, 0.25) is 0 Å². The van der Waals surface area contributed by atoms with E-state index in [4.69, 9.17) is 5.26 Å². The number of nitriles is 1. The van der Waals surface area contributed by atoms with Crippen molar-refractivity contribution in [3.63, 3.8) is 0 Å². The lowest BCUT2D eigenvalue weighted by Crippen LogP contribution is -2.44. The van der Waals surface area contributed by atoms with Crippen LogP contribution < -0.4 is 5.32 Å². The van der Waals surface area contributed by atoms with Crippen molar-refractivity contribution in [2.45, 2.75) is 6.54 Å². The molecule has 0 atom stereocenters. The average Bonchev–Trinajstić information content (AvgIpc) is 2.44. The Kier molecular flexibility index (Phi) is 1.80. The average molecular weight is 162 g/mol. The molecule has 4 heteroatoms. The molecule has 0 amide bonds. The van der Waals surface area contributed by atoms with Crippen molar-refractivity contribution in [1.82, 2.24) is 15.1 Å². The summed E-state index contributed by atoms with van der Waals surface area (Å²) in [4.78, 5) is 0. The van der Waals surface area contributed by atoms with Gasteiger partial charge in [-0.3, -0.25) is 4.68 Å². The van der Waals surface area contributed by atoms with E-state index in [9.17, 15) is 0 Å². The highest BCUT2D eigenvalue weighted by Gasteiger charge is 2.17. The second kappa shape index (κ2) is 2.95. The second-order valence-corrected chi connectivity index (χ2v) is 3.09. The van der Waals surface area contributed by atoms with Crippen LogP contribution in [0.4, 0.5) is 0 Å². The highest BCUT2D eigenvalue weighted by atomic mass is 15.3. The molecule has 1 aromatic rings. The van der Waals surface area contributed by atoms with Crippen molar-refractivity contribution in [2.24, 2.45) is 5.92 Å². The van der Waals surface area contributed by atoms with E-state index in [1.54, 1.807) is 12.4 Å². The largest absolute Gasteiger partial charge is 0.316 e. The Balaban J connectivity index is 1.99. The summed E-state index contributed by atoms with van der Waals surface area (Å²) in [6.45, 7) is 3.07. The summed E-state index contributed by atoms with van der Waals surface area (Å²) in [6, 6.07) is 2.06. The fraction of sp³-hybridized carbons (Fsp3) is 0.500. The van der Waals surface area contributed by atoms with E-state index in [-0.39, 0.29) is 0 Å². The van der Waals surface area contributed by atoms with Crippen molar-refractivity contribution in [3.8, 4) is 6.07 Å². The van der Waals surface area contributed by atoms with Gasteiger partial charge in [0.15, 0.2) is 0 Å². The fourth-order valence-electron chi connectivity index (χ4n) is 1.26. The monoisotopic (exact) mass is 162 g/mol. The zero-order valence-electron chi connectivity index (χ0n) is 6.70. The Bertz CT molecular complexity index is 305. The molecular formula is C8H10N4. The third kappa shape index (κ3) is 1.31. The summed E-state index contributed by atoms with van der Waals surface area (Å²) in [5.41, 5.74) is 0.641. The first-order valence-electron chi connectivity index (χ1n) is 4.02. The highest BCUT2D eigenvalue weighted by Crippen LogP contribution is 2.06. The molecule has 2 rings (SSSR count). The van der Waals surface area contributed by atoms with Gasteiger partial charge in [-0.25, -0.2) is 0 Å². The quantitative estimate of drug-likeness (QED) is 0.664. The van der Waals surface area contributed by atoms with Crippen molar-refractivity contribution in [2.75, 3.05) is 13.1 Å². The summed E-state index contributed by atoms with van der Waals surface area (Å²) in [5.74, 6) is 0.691. The number of rotatable bonds is 2. The molecule has 1 aromatic heterocycles. The number of nitrogens with zero attached hydrogens (tertiary/aromatic N) is 3. The standard InChI is InChI=1S/C8H10N4/c9-1-7-4-11-12(5-7)6-8-2-10-3-8/h4-5,8,10H,2-3,6H2. The maximum atomic E-state index is 8.54. The van der Waals surface area contributed by atoms with Gasteiger partial charge < -0.3 is 5.32 Å². The number of nitrogens with one attached hydrogen (secondary N) is 1. The maximum absolute atomic E-state index is 8.54. The molecule has 1 N–H and O–H groups in total. The van der Waals surface area contributed by atoms with E-state index in [2.05, 4.69) is 16.5 Å². The van der Waals surface area contributed by atoms with Gasteiger partial charge in [0.25, 0.3) is 0 Å². The molecule has 1 saturated heterocycles. The van der Waals surface area contributed by atoms with Crippen LogP contribution in [0.2, 0.25) is 0 Å². The van der Waals surface area contributed by atoms with Crippen LogP contribution in [0.1, 0.15) is 5.56 Å². The first-order chi connectivity index (χ1) is 5.88. The number of hydrogen-bond donors (Lipinski definition) is 1. The lowest BCUT2D eigenvalue weighted by molar-refractivity contribution is 0.295. The Morgan fingerprint density at radius 1 is 1.75 bits per heavy atom. The van der Waals surface area contributed by atoms with Crippen LogP contribution in [-0.4, -0.2) is 22.9 Å². The normalized spacial score (nSPS) is 16.9. The van der Waals surface area contributed by atoms with Crippen LogP contribution >= 0.6 is 0 Å². The Morgan fingerprint density at radius 3 is 3.08 bits per heavy atom. The molecule has 1 fully saturated rings. The molecule has 0 aliphatic carbocycles. The van der Waals surface area contributed by atoms with Crippen molar-refractivity contribution in [3.05, 3.63) is 18.0 Å². The molecule has 62 valence electrons. The maximum Gasteiger partial charge on any atom is 0.102 e. The molecule has 0 saturated carbocycles. The van der Waals surface area contributed by atoms with Gasteiger partial charge in [-0.1, -0.05) is 0 Å². The highest BCUT2D eigenvalue weighted by molar-refractivity contribution is 5.21. The molecule has 0 spiro atoms. The second-order valence-electron chi connectivity index (χ2n) is 3.09. The summed E-state index contributed by atoms with van der Waals surface area (Å²) < 4.78 is 1.84. The molecule has 1 aliphatic rings. The zero-order chi connectivity index (χ0) is 8.39. The van der Waals surface area contributed by atoms with Crippen molar-refractivity contribution >= 4 is 0 Å². The van der Waals surface area contributed by atoms with E-state index < -0.39 is 0 Å². The minimum absolute atomic E-state index is 0.641. The van der Waals surface area contributed by atoms with Crippen LogP contribution in [0, 0.1) is 17.2 Å². The summed E-state index contributed by atoms with van der Waals surface area (Å²) in [6.07, 6.45) is 3.39. The molecule has 2 heterocycles. The van der Waals surface area contributed by atoms with Crippen molar-refractivity contribution in [1.29, 1.82) is 5.26 Å². The minimum atomic E-state index is 0.641. The van der Waals surface area contributed by atoms with Gasteiger partial charge in [-0.15, -0.1) is 0 Å². The summed E-state index contributed by atoms with van der Waals surface area (Å²) in [5, 5.41) is 15.8. The third-order valence-electron chi connectivity index (χ3n) is 2.07. The van der Waals surface area contributed by atoms with E-state index in [0.717, 1.165) is 19.6 Å². The lowest BCUT2D eigenvalue weighted by atomic mass is 10.0. The molecule has 4 nitrogen and oxygen atoms in total. The molecule has 12 heavy (non-hydrogen) atoms. The van der Waals surface area contributed by atoms with Crippen LogP contribution in [0.25, 0.3) is 0 Å². The number of hydrogen-bond acceptors (Lipinski definition) is 3.